The highest BCUT2D eigenvalue weighted by atomic mass is 35.5. The highest BCUT2D eigenvalue weighted by Gasteiger charge is 2.34. The van der Waals surface area contributed by atoms with Crippen LogP contribution >= 0.6 is 11.6 Å². The second kappa shape index (κ2) is 9.20. The summed E-state index contributed by atoms with van der Waals surface area (Å²) in [6.45, 7) is 0.429. The topological polar surface area (TPSA) is 135 Å². The lowest BCUT2D eigenvalue weighted by Gasteiger charge is -2.33. The molecule has 166 valence electrons. The van der Waals surface area contributed by atoms with E-state index in [1.54, 1.807) is 25.2 Å². The average molecular weight is 455 g/mol. The monoisotopic (exact) mass is 454 g/mol. The summed E-state index contributed by atoms with van der Waals surface area (Å²) in [5.74, 6) is 0.0707. The first kappa shape index (κ1) is 22.1. The number of aliphatic imine (C=N–C) groups is 1. The third-order valence-corrected chi connectivity index (χ3v) is 6.07. The van der Waals surface area contributed by atoms with Crippen LogP contribution in [0.4, 0.5) is 5.82 Å². The molecule has 0 saturated heterocycles. The van der Waals surface area contributed by atoms with Crippen LogP contribution in [0, 0.1) is 11.3 Å². The van der Waals surface area contributed by atoms with Gasteiger partial charge in [0.2, 0.25) is 0 Å². The Balaban J connectivity index is 1.57. The number of aliphatic hydroxyl groups excluding tert-OH is 2. The number of carbonyl (C=O) groups is 1. The van der Waals surface area contributed by atoms with E-state index in [1.165, 1.54) is 11.2 Å². The van der Waals surface area contributed by atoms with Crippen molar-refractivity contribution in [1.82, 2.24) is 14.9 Å². The number of aliphatic hydroxyl groups is 2. The SMILES string of the molecule is CN(Cc1cc(Cl)ccc1C#N)C(=O)C1=NCc2ncnc(N[C@@H]3CCC[C@@H](O)[C@H]3O)c21. The Morgan fingerprint density at radius 2 is 2.16 bits per heavy atom. The number of rotatable bonds is 5. The number of aromatic nitrogens is 2. The minimum Gasteiger partial charge on any atom is -0.390 e. The maximum Gasteiger partial charge on any atom is 0.272 e. The van der Waals surface area contributed by atoms with Gasteiger partial charge in [0.25, 0.3) is 5.91 Å². The van der Waals surface area contributed by atoms with Crippen molar-refractivity contribution in [1.29, 1.82) is 5.26 Å². The van der Waals surface area contributed by atoms with Gasteiger partial charge in [-0.1, -0.05) is 11.6 Å². The van der Waals surface area contributed by atoms with E-state index in [0.29, 0.717) is 46.1 Å². The average Bonchev–Trinajstić information content (AvgIpc) is 3.21. The van der Waals surface area contributed by atoms with Gasteiger partial charge in [-0.05, 0) is 43.0 Å². The van der Waals surface area contributed by atoms with Gasteiger partial charge in [-0.25, -0.2) is 9.97 Å². The number of halogens is 1. The molecule has 1 aromatic carbocycles. The van der Waals surface area contributed by atoms with E-state index in [-0.39, 0.29) is 24.7 Å². The minimum absolute atomic E-state index is 0.181. The van der Waals surface area contributed by atoms with E-state index >= 15 is 0 Å². The summed E-state index contributed by atoms with van der Waals surface area (Å²) in [6.07, 6.45) is 1.65. The van der Waals surface area contributed by atoms with Crippen molar-refractivity contribution < 1.29 is 15.0 Å². The standard InChI is InChI=1S/C22H23ClN6O3/c1-29(10-13-7-14(23)6-5-12(13)8-24)22(32)19-18-16(9-25-19)26-11-27-21(18)28-15-3-2-4-17(30)20(15)31/h5-7,11,15,17,20,30-31H,2-4,9-10H2,1H3,(H,26,27,28)/t15-,17-,20+/m1/s1. The number of carbonyl (C=O) groups excluding carboxylic acids is 1. The van der Waals surface area contributed by atoms with Crippen LogP contribution in [0.3, 0.4) is 0 Å². The Labute approximate surface area is 190 Å². The number of nitrogens with zero attached hydrogens (tertiary/aromatic N) is 5. The van der Waals surface area contributed by atoms with E-state index in [2.05, 4.69) is 26.3 Å². The van der Waals surface area contributed by atoms with Crippen LogP contribution in [0.1, 0.15) is 41.6 Å². The van der Waals surface area contributed by atoms with Crippen molar-refractivity contribution in [3.8, 4) is 6.07 Å². The van der Waals surface area contributed by atoms with Crippen molar-refractivity contribution in [2.45, 2.75) is 50.6 Å². The zero-order valence-corrected chi connectivity index (χ0v) is 18.2. The first-order valence-corrected chi connectivity index (χ1v) is 10.7. The Kier molecular flexibility index (Phi) is 6.37. The summed E-state index contributed by atoms with van der Waals surface area (Å²) in [5.41, 5.74) is 2.42. The van der Waals surface area contributed by atoms with E-state index in [0.717, 1.165) is 6.42 Å². The second-order valence-corrected chi connectivity index (χ2v) is 8.46. The Morgan fingerprint density at radius 1 is 1.34 bits per heavy atom. The fourth-order valence-electron chi connectivity index (χ4n) is 4.11. The lowest BCUT2D eigenvalue weighted by molar-refractivity contribution is -0.123. The first-order valence-electron chi connectivity index (χ1n) is 10.3. The van der Waals surface area contributed by atoms with Crippen LogP contribution < -0.4 is 5.32 Å². The molecule has 1 fully saturated rings. The van der Waals surface area contributed by atoms with E-state index < -0.39 is 18.2 Å². The fraction of sp³-hybridized carbons (Fsp3) is 0.409. The summed E-state index contributed by atoms with van der Waals surface area (Å²) >= 11 is 6.07. The number of hydrogen-bond acceptors (Lipinski definition) is 8. The van der Waals surface area contributed by atoms with Crippen LogP contribution in [-0.2, 0) is 17.9 Å². The summed E-state index contributed by atoms with van der Waals surface area (Å²) in [4.78, 5) is 27.7. The maximum absolute atomic E-state index is 13.3. The van der Waals surface area contributed by atoms with Gasteiger partial charge in [0, 0.05) is 18.6 Å². The van der Waals surface area contributed by atoms with Crippen LogP contribution in [0.25, 0.3) is 0 Å². The number of amides is 1. The van der Waals surface area contributed by atoms with E-state index in [4.69, 9.17) is 11.6 Å². The lowest BCUT2D eigenvalue weighted by Crippen LogP contribution is -2.45. The van der Waals surface area contributed by atoms with Gasteiger partial charge in [-0.2, -0.15) is 5.26 Å². The fourth-order valence-corrected chi connectivity index (χ4v) is 4.30. The third kappa shape index (κ3) is 4.30. The summed E-state index contributed by atoms with van der Waals surface area (Å²) in [5, 5.41) is 33.4. The normalized spacial score (nSPS) is 22.0. The quantitative estimate of drug-likeness (QED) is 0.625. The summed E-state index contributed by atoms with van der Waals surface area (Å²) < 4.78 is 0. The predicted octanol–water partition coefficient (Wildman–Crippen LogP) is 1.65. The Morgan fingerprint density at radius 3 is 2.94 bits per heavy atom. The molecule has 1 saturated carbocycles. The first-order chi connectivity index (χ1) is 15.4. The van der Waals surface area contributed by atoms with Crippen molar-refractivity contribution >= 4 is 29.0 Å². The molecule has 0 spiro atoms. The zero-order chi connectivity index (χ0) is 22.8. The summed E-state index contributed by atoms with van der Waals surface area (Å²) in [6, 6.07) is 6.65. The molecule has 4 rings (SSSR count). The van der Waals surface area contributed by atoms with Crippen LogP contribution in [-0.4, -0.2) is 62.0 Å². The van der Waals surface area contributed by atoms with Crippen molar-refractivity contribution in [2.24, 2.45) is 4.99 Å². The molecule has 3 atom stereocenters. The van der Waals surface area contributed by atoms with Gasteiger partial charge < -0.3 is 20.4 Å². The molecule has 0 unspecified atom stereocenters. The number of nitrogens with one attached hydrogen (secondary N) is 1. The zero-order valence-electron chi connectivity index (χ0n) is 17.5. The van der Waals surface area contributed by atoms with E-state index in [1.807, 2.05) is 0 Å². The van der Waals surface area contributed by atoms with Gasteiger partial charge in [-0.15, -0.1) is 0 Å². The van der Waals surface area contributed by atoms with Crippen LogP contribution in [0.2, 0.25) is 5.02 Å². The molecule has 3 N–H and O–H groups in total. The van der Waals surface area contributed by atoms with Gasteiger partial charge in [-0.3, -0.25) is 9.79 Å². The summed E-state index contributed by atoms with van der Waals surface area (Å²) in [7, 11) is 1.63. The number of nitriles is 1. The van der Waals surface area contributed by atoms with Crippen molar-refractivity contribution in [2.75, 3.05) is 12.4 Å². The molecule has 2 aromatic rings. The molecule has 1 aliphatic carbocycles. The van der Waals surface area contributed by atoms with Gasteiger partial charge >= 0.3 is 0 Å². The molecule has 9 nitrogen and oxygen atoms in total. The molecule has 10 heteroatoms. The number of anilines is 1. The lowest BCUT2D eigenvalue weighted by atomic mass is 9.90. The number of hydrogen-bond donors (Lipinski definition) is 3. The molecular formula is C22H23ClN6O3. The van der Waals surface area contributed by atoms with Crippen LogP contribution in [0.15, 0.2) is 29.5 Å². The Hall–Kier alpha value is -3.06. The number of benzene rings is 1. The smallest absolute Gasteiger partial charge is 0.272 e. The van der Waals surface area contributed by atoms with Crippen LogP contribution in [0.5, 0.6) is 0 Å². The molecule has 1 amide bonds. The molecule has 1 aliphatic heterocycles. The largest absolute Gasteiger partial charge is 0.390 e. The molecule has 1 aromatic heterocycles. The highest BCUT2D eigenvalue weighted by Crippen LogP contribution is 2.28. The number of fused-ring (bicyclic) bond motifs is 1. The van der Waals surface area contributed by atoms with Gasteiger partial charge in [0.05, 0.1) is 47.7 Å². The second-order valence-electron chi connectivity index (χ2n) is 8.02. The molecule has 0 radical (unpaired) electrons. The van der Waals surface area contributed by atoms with E-state index in [9.17, 15) is 20.3 Å². The maximum atomic E-state index is 13.3. The van der Waals surface area contributed by atoms with Gasteiger partial charge in [0.1, 0.15) is 17.9 Å². The molecule has 32 heavy (non-hydrogen) atoms. The minimum atomic E-state index is -0.929. The highest BCUT2D eigenvalue weighted by molar-refractivity contribution is 6.47. The van der Waals surface area contributed by atoms with Crippen molar-refractivity contribution in [3.05, 3.63) is 51.9 Å². The molecule has 2 aliphatic rings. The molecule has 0 bridgehead atoms. The Bertz CT molecular complexity index is 1120. The molecule has 2 heterocycles. The van der Waals surface area contributed by atoms with Gasteiger partial charge in [0.15, 0.2) is 0 Å². The predicted molar refractivity (Wildman–Crippen MR) is 118 cm³/mol. The molecular weight excluding hydrogens is 432 g/mol. The third-order valence-electron chi connectivity index (χ3n) is 5.84. The number of likely N-dealkylation sites (N-methyl/N-ethyl adjacent to an activating group) is 1. The van der Waals surface area contributed by atoms with Crippen molar-refractivity contribution in [3.63, 3.8) is 0 Å².